The minimum Gasteiger partial charge on any atom is -0.381 e. The number of Topliss-reactive ketones (excluding diaryl/α,β-unsaturated/α-hetero) is 1. The maximum atomic E-state index is 11.3. The van der Waals surface area contributed by atoms with E-state index in [2.05, 4.69) is 6.07 Å². The van der Waals surface area contributed by atoms with E-state index in [1.807, 2.05) is 18.2 Å². The highest BCUT2D eigenvalue weighted by molar-refractivity contribution is 5.82. The van der Waals surface area contributed by atoms with Gasteiger partial charge in [-0.05, 0) is 36.8 Å². The summed E-state index contributed by atoms with van der Waals surface area (Å²) in [6.07, 6.45) is 5.25. The number of carbonyl (C=O) groups is 1. The van der Waals surface area contributed by atoms with Gasteiger partial charge in [-0.25, -0.2) is 0 Å². The van der Waals surface area contributed by atoms with E-state index in [9.17, 15) is 9.90 Å². The quantitative estimate of drug-likeness (QED) is 0.867. The van der Waals surface area contributed by atoms with E-state index < -0.39 is 6.10 Å². The maximum absolute atomic E-state index is 11.3. The van der Waals surface area contributed by atoms with Gasteiger partial charge in [0.15, 0.2) is 5.78 Å². The summed E-state index contributed by atoms with van der Waals surface area (Å²) >= 11 is 0. The van der Waals surface area contributed by atoms with Crippen LogP contribution in [0.2, 0.25) is 0 Å². The molecular weight excluding hydrogens is 212 g/mol. The number of benzene rings is 1. The molecule has 1 aliphatic carbocycles. The van der Waals surface area contributed by atoms with Gasteiger partial charge in [-0.2, -0.15) is 0 Å². The largest absolute Gasteiger partial charge is 0.381 e. The molecule has 0 radical (unpaired) electrons. The van der Waals surface area contributed by atoms with Crippen LogP contribution in [0.4, 0.5) is 0 Å². The Hall–Kier alpha value is -1.15. The van der Waals surface area contributed by atoms with Crippen LogP contribution >= 0.6 is 0 Å². The van der Waals surface area contributed by atoms with Crippen LogP contribution in [-0.4, -0.2) is 10.9 Å². The average Bonchev–Trinajstić information content (AvgIpc) is 2.39. The fourth-order valence-electron chi connectivity index (χ4n) is 2.76. The first kappa shape index (κ1) is 12.3. The van der Waals surface area contributed by atoms with Crippen molar-refractivity contribution in [3.63, 3.8) is 0 Å². The number of hydrogen-bond acceptors (Lipinski definition) is 2. The number of rotatable bonds is 3. The fraction of sp³-hybridized carbons (Fsp3) is 0.533. The number of aliphatic hydroxyl groups is 1. The van der Waals surface area contributed by atoms with Gasteiger partial charge < -0.3 is 5.11 Å². The van der Waals surface area contributed by atoms with Gasteiger partial charge in [-0.15, -0.1) is 0 Å². The Morgan fingerprint density at radius 2 is 1.88 bits per heavy atom. The summed E-state index contributed by atoms with van der Waals surface area (Å²) in [5.74, 6) is 0.349. The van der Waals surface area contributed by atoms with Crippen LogP contribution in [-0.2, 0) is 4.79 Å². The van der Waals surface area contributed by atoms with Crippen LogP contribution in [0.5, 0.6) is 0 Å². The molecule has 0 amide bonds. The first-order valence-electron chi connectivity index (χ1n) is 6.47. The normalized spacial score (nSPS) is 18.9. The van der Waals surface area contributed by atoms with E-state index in [4.69, 9.17) is 0 Å². The van der Waals surface area contributed by atoms with Gasteiger partial charge in [0, 0.05) is 0 Å². The molecule has 0 aliphatic heterocycles. The second-order valence-corrected chi connectivity index (χ2v) is 4.98. The van der Waals surface area contributed by atoms with Crippen molar-refractivity contribution >= 4 is 5.78 Å². The van der Waals surface area contributed by atoms with E-state index in [-0.39, 0.29) is 5.78 Å². The second kappa shape index (κ2) is 5.46. The Kier molecular flexibility index (Phi) is 3.95. The third kappa shape index (κ3) is 2.75. The number of ketones is 1. The van der Waals surface area contributed by atoms with Gasteiger partial charge >= 0.3 is 0 Å². The lowest BCUT2D eigenvalue weighted by Crippen LogP contribution is -2.14. The van der Waals surface area contributed by atoms with E-state index in [0.29, 0.717) is 5.92 Å². The topological polar surface area (TPSA) is 37.3 Å². The predicted octanol–water partition coefficient (Wildman–Crippen LogP) is 3.36. The standard InChI is InChI=1S/C15H20O2/c1-11(16)15(17)14-10-6-5-9-13(14)12-7-3-2-4-8-12/h5-6,9-10,12,15,17H,2-4,7-8H2,1H3. The monoisotopic (exact) mass is 232 g/mol. The summed E-state index contributed by atoms with van der Waals surface area (Å²) in [5.41, 5.74) is 1.99. The van der Waals surface area contributed by atoms with Gasteiger partial charge in [0.25, 0.3) is 0 Å². The molecule has 92 valence electrons. The van der Waals surface area contributed by atoms with Gasteiger partial charge in [0.2, 0.25) is 0 Å². The zero-order valence-electron chi connectivity index (χ0n) is 10.4. The van der Waals surface area contributed by atoms with E-state index in [1.165, 1.54) is 44.6 Å². The smallest absolute Gasteiger partial charge is 0.162 e. The van der Waals surface area contributed by atoms with Crippen molar-refractivity contribution in [2.75, 3.05) is 0 Å². The Bertz CT molecular complexity index is 392. The van der Waals surface area contributed by atoms with E-state index in [1.54, 1.807) is 0 Å². The summed E-state index contributed by atoms with van der Waals surface area (Å²) < 4.78 is 0. The summed E-state index contributed by atoms with van der Waals surface area (Å²) in [7, 11) is 0. The van der Waals surface area contributed by atoms with Crippen LogP contribution in [0, 0.1) is 0 Å². The van der Waals surface area contributed by atoms with Crippen molar-refractivity contribution in [1.82, 2.24) is 0 Å². The lowest BCUT2D eigenvalue weighted by atomic mass is 9.81. The molecule has 1 saturated carbocycles. The third-order valence-electron chi connectivity index (χ3n) is 3.72. The molecular formula is C15H20O2. The molecule has 2 heteroatoms. The molecule has 2 nitrogen and oxygen atoms in total. The first-order chi connectivity index (χ1) is 8.20. The zero-order valence-corrected chi connectivity index (χ0v) is 10.4. The minimum absolute atomic E-state index is 0.173. The van der Waals surface area contributed by atoms with Crippen molar-refractivity contribution in [2.24, 2.45) is 0 Å². The van der Waals surface area contributed by atoms with Crippen LogP contribution in [0.15, 0.2) is 24.3 Å². The van der Waals surface area contributed by atoms with Crippen LogP contribution in [0.3, 0.4) is 0 Å². The fourth-order valence-corrected chi connectivity index (χ4v) is 2.76. The number of carbonyl (C=O) groups excluding carboxylic acids is 1. The first-order valence-corrected chi connectivity index (χ1v) is 6.47. The third-order valence-corrected chi connectivity index (χ3v) is 3.72. The molecule has 1 atom stereocenters. The molecule has 1 aliphatic rings. The molecule has 1 unspecified atom stereocenters. The minimum atomic E-state index is -0.951. The molecule has 0 bridgehead atoms. The van der Waals surface area contributed by atoms with Crippen LogP contribution < -0.4 is 0 Å². The van der Waals surface area contributed by atoms with E-state index >= 15 is 0 Å². The molecule has 0 saturated heterocycles. The summed E-state index contributed by atoms with van der Waals surface area (Å²) in [5, 5.41) is 9.96. The SMILES string of the molecule is CC(=O)C(O)c1ccccc1C1CCCCC1. The van der Waals surface area contributed by atoms with E-state index in [0.717, 1.165) is 5.56 Å². The molecule has 1 N–H and O–H groups in total. The van der Waals surface area contributed by atoms with Crippen molar-refractivity contribution < 1.29 is 9.90 Å². The van der Waals surface area contributed by atoms with Gasteiger partial charge in [-0.1, -0.05) is 43.5 Å². The average molecular weight is 232 g/mol. The molecule has 1 fully saturated rings. The van der Waals surface area contributed by atoms with Crippen LogP contribution in [0.1, 0.15) is 62.2 Å². The molecule has 0 heterocycles. The van der Waals surface area contributed by atoms with Crippen molar-refractivity contribution in [2.45, 2.75) is 51.0 Å². The predicted molar refractivity (Wildman–Crippen MR) is 67.9 cm³/mol. The van der Waals surface area contributed by atoms with Crippen molar-refractivity contribution in [1.29, 1.82) is 0 Å². The number of aliphatic hydroxyl groups excluding tert-OH is 1. The van der Waals surface area contributed by atoms with Crippen molar-refractivity contribution in [3.8, 4) is 0 Å². The molecule has 0 aromatic heterocycles. The highest BCUT2D eigenvalue weighted by atomic mass is 16.3. The zero-order chi connectivity index (χ0) is 12.3. The molecule has 1 aromatic carbocycles. The highest BCUT2D eigenvalue weighted by Crippen LogP contribution is 2.36. The maximum Gasteiger partial charge on any atom is 0.162 e. The highest BCUT2D eigenvalue weighted by Gasteiger charge is 2.22. The summed E-state index contributed by atoms with van der Waals surface area (Å²) in [6.45, 7) is 1.45. The van der Waals surface area contributed by atoms with Crippen LogP contribution in [0.25, 0.3) is 0 Å². The second-order valence-electron chi connectivity index (χ2n) is 4.98. The summed E-state index contributed by atoms with van der Waals surface area (Å²) in [4.78, 5) is 11.3. The molecule has 1 aromatic rings. The Balaban J connectivity index is 2.29. The van der Waals surface area contributed by atoms with Gasteiger partial charge in [0.1, 0.15) is 6.10 Å². The lowest BCUT2D eigenvalue weighted by molar-refractivity contribution is -0.125. The Labute approximate surface area is 103 Å². The Morgan fingerprint density at radius 1 is 1.24 bits per heavy atom. The Morgan fingerprint density at radius 3 is 2.53 bits per heavy atom. The van der Waals surface area contributed by atoms with Crippen molar-refractivity contribution in [3.05, 3.63) is 35.4 Å². The van der Waals surface area contributed by atoms with Gasteiger partial charge in [0.05, 0.1) is 0 Å². The molecule has 2 rings (SSSR count). The van der Waals surface area contributed by atoms with Gasteiger partial charge in [-0.3, -0.25) is 4.79 Å². The number of hydrogen-bond donors (Lipinski definition) is 1. The molecule has 0 spiro atoms. The lowest BCUT2D eigenvalue weighted by Gasteiger charge is -2.25. The molecule has 17 heavy (non-hydrogen) atoms. The summed E-state index contributed by atoms with van der Waals surface area (Å²) in [6, 6.07) is 7.85.